The lowest BCUT2D eigenvalue weighted by Crippen LogP contribution is -2.59. The maximum absolute atomic E-state index is 12.2. The summed E-state index contributed by atoms with van der Waals surface area (Å²) in [6, 6.07) is 6.54. The number of hydrogen-bond donors (Lipinski definition) is 2. The number of rotatable bonds is 3. The zero-order valence-corrected chi connectivity index (χ0v) is 11.2. The van der Waals surface area contributed by atoms with Crippen LogP contribution in [-0.4, -0.2) is 42.4 Å². The van der Waals surface area contributed by atoms with Gasteiger partial charge in [0.15, 0.2) is 0 Å². The fraction of sp³-hybridized carbons (Fsp3) is 0.385. The van der Waals surface area contributed by atoms with E-state index in [4.69, 9.17) is 17.3 Å². The van der Waals surface area contributed by atoms with Crippen molar-refractivity contribution in [2.24, 2.45) is 5.73 Å². The van der Waals surface area contributed by atoms with Gasteiger partial charge in [-0.05, 0) is 17.7 Å². The van der Waals surface area contributed by atoms with Crippen LogP contribution >= 0.6 is 11.6 Å². The zero-order valence-electron chi connectivity index (χ0n) is 10.4. The van der Waals surface area contributed by atoms with E-state index in [2.05, 4.69) is 5.32 Å². The molecule has 1 aromatic rings. The van der Waals surface area contributed by atoms with E-state index >= 15 is 0 Å². The summed E-state index contributed by atoms with van der Waals surface area (Å²) in [5.74, 6) is -0.565. The van der Waals surface area contributed by atoms with Crippen LogP contribution in [0.3, 0.4) is 0 Å². The van der Waals surface area contributed by atoms with Gasteiger partial charge in [-0.25, -0.2) is 0 Å². The molecule has 102 valence electrons. The SMILES string of the molecule is NC(=O)C1CNCCN1C(=O)Cc1ccc(Cl)cc1. The summed E-state index contributed by atoms with van der Waals surface area (Å²) in [5, 5.41) is 3.69. The van der Waals surface area contributed by atoms with E-state index in [-0.39, 0.29) is 12.3 Å². The predicted octanol–water partition coefficient (Wildman–Crippen LogP) is 0.168. The second-order valence-corrected chi connectivity index (χ2v) is 4.95. The van der Waals surface area contributed by atoms with E-state index in [0.717, 1.165) is 5.56 Å². The Kier molecular flexibility index (Phi) is 4.39. The Labute approximate surface area is 116 Å². The third-order valence-corrected chi connectivity index (χ3v) is 3.41. The second kappa shape index (κ2) is 6.04. The third-order valence-electron chi connectivity index (χ3n) is 3.16. The summed E-state index contributed by atoms with van der Waals surface area (Å²) in [7, 11) is 0. The molecule has 1 unspecified atom stereocenters. The molecule has 2 amide bonds. The highest BCUT2D eigenvalue weighted by Gasteiger charge is 2.30. The smallest absolute Gasteiger partial charge is 0.241 e. The van der Waals surface area contributed by atoms with E-state index in [9.17, 15) is 9.59 Å². The Bertz CT molecular complexity index is 475. The van der Waals surface area contributed by atoms with Crippen LogP contribution in [0.15, 0.2) is 24.3 Å². The van der Waals surface area contributed by atoms with Crippen LogP contribution in [-0.2, 0) is 16.0 Å². The number of piperazine rings is 1. The van der Waals surface area contributed by atoms with Crippen molar-refractivity contribution < 1.29 is 9.59 Å². The highest BCUT2D eigenvalue weighted by atomic mass is 35.5. The molecule has 1 aliphatic heterocycles. The largest absolute Gasteiger partial charge is 0.368 e. The molecule has 1 aromatic carbocycles. The molecule has 1 fully saturated rings. The number of carbonyl (C=O) groups excluding carboxylic acids is 2. The highest BCUT2D eigenvalue weighted by molar-refractivity contribution is 6.30. The molecule has 0 aromatic heterocycles. The molecule has 1 saturated heterocycles. The molecule has 6 heteroatoms. The number of benzene rings is 1. The van der Waals surface area contributed by atoms with Crippen molar-refractivity contribution in [1.29, 1.82) is 0 Å². The van der Waals surface area contributed by atoms with Crippen LogP contribution < -0.4 is 11.1 Å². The highest BCUT2D eigenvalue weighted by Crippen LogP contribution is 2.12. The van der Waals surface area contributed by atoms with Crippen molar-refractivity contribution in [3.63, 3.8) is 0 Å². The van der Waals surface area contributed by atoms with Crippen LogP contribution in [0.5, 0.6) is 0 Å². The van der Waals surface area contributed by atoms with Gasteiger partial charge in [0.25, 0.3) is 0 Å². The fourth-order valence-corrected chi connectivity index (χ4v) is 2.26. The van der Waals surface area contributed by atoms with Crippen LogP contribution in [0.4, 0.5) is 0 Å². The lowest BCUT2D eigenvalue weighted by atomic mass is 10.1. The van der Waals surface area contributed by atoms with Crippen LogP contribution in [0.1, 0.15) is 5.56 Å². The van der Waals surface area contributed by atoms with Crippen molar-refractivity contribution in [3.05, 3.63) is 34.9 Å². The molecule has 1 heterocycles. The van der Waals surface area contributed by atoms with E-state index < -0.39 is 11.9 Å². The first-order valence-corrected chi connectivity index (χ1v) is 6.49. The number of nitrogens with one attached hydrogen (secondary N) is 1. The number of nitrogens with two attached hydrogens (primary N) is 1. The normalized spacial score (nSPS) is 19.2. The van der Waals surface area contributed by atoms with E-state index in [1.165, 1.54) is 0 Å². The number of halogens is 1. The summed E-state index contributed by atoms with van der Waals surface area (Å²) < 4.78 is 0. The van der Waals surface area contributed by atoms with Gasteiger partial charge in [-0.15, -0.1) is 0 Å². The number of carbonyl (C=O) groups is 2. The Morgan fingerprint density at radius 1 is 1.37 bits per heavy atom. The Balaban J connectivity index is 2.05. The molecular formula is C13H16ClN3O2. The van der Waals surface area contributed by atoms with E-state index in [1.807, 2.05) is 12.1 Å². The molecule has 5 nitrogen and oxygen atoms in total. The number of amides is 2. The van der Waals surface area contributed by atoms with Crippen LogP contribution in [0.25, 0.3) is 0 Å². The quantitative estimate of drug-likeness (QED) is 0.829. The Morgan fingerprint density at radius 2 is 2.05 bits per heavy atom. The first-order valence-electron chi connectivity index (χ1n) is 6.12. The van der Waals surface area contributed by atoms with Gasteiger partial charge in [-0.1, -0.05) is 23.7 Å². The fourth-order valence-electron chi connectivity index (χ4n) is 2.14. The lowest BCUT2D eigenvalue weighted by Gasteiger charge is -2.34. The average Bonchev–Trinajstić information content (AvgIpc) is 2.41. The molecule has 2 rings (SSSR count). The van der Waals surface area contributed by atoms with Gasteiger partial charge >= 0.3 is 0 Å². The standard InChI is InChI=1S/C13H16ClN3O2/c14-10-3-1-9(2-4-10)7-12(18)17-6-5-16-8-11(17)13(15)19/h1-4,11,16H,5-8H2,(H2,15,19). The minimum atomic E-state index is -0.562. The molecule has 0 bridgehead atoms. The first-order chi connectivity index (χ1) is 9.08. The van der Waals surface area contributed by atoms with E-state index in [1.54, 1.807) is 17.0 Å². The number of nitrogens with zero attached hydrogens (tertiary/aromatic N) is 1. The summed E-state index contributed by atoms with van der Waals surface area (Å²) in [4.78, 5) is 25.1. The molecule has 0 radical (unpaired) electrons. The van der Waals surface area contributed by atoms with Gasteiger partial charge in [0.05, 0.1) is 6.42 Å². The maximum Gasteiger partial charge on any atom is 0.241 e. The van der Waals surface area contributed by atoms with Gasteiger partial charge in [0.1, 0.15) is 6.04 Å². The van der Waals surface area contributed by atoms with Gasteiger partial charge in [-0.3, -0.25) is 9.59 Å². The van der Waals surface area contributed by atoms with Crippen molar-refractivity contribution >= 4 is 23.4 Å². The minimum Gasteiger partial charge on any atom is -0.368 e. The van der Waals surface area contributed by atoms with Crippen molar-refractivity contribution in [2.45, 2.75) is 12.5 Å². The molecule has 1 aliphatic rings. The van der Waals surface area contributed by atoms with Crippen molar-refractivity contribution in [3.8, 4) is 0 Å². The second-order valence-electron chi connectivity index (χ2n) is 4.51. The monoisotopic (exact) mass is 281 g/mol. The number of primary amides is 1. The maximum atomic E-state index is 12.2. The Morgan fingerprint density at radius 3 is 2.68 bits per heavy atom. The molecule has 0 spiro atoms. The van der Waals surface area contributed by atoms with E-state index in [0.29, 0.717) is 24.7 Å². The average molecular weight is 282 g/mol. The molecule has 1 atom stereocenters. The predicted molar refractivity (Wildman–Crippen MR) is 72.7 cm³/mol. The van der Waals surface area contributed by atoms with Gasteiger partial charge in [0, 0.05) is 24.7 Å². The Hall–Kier alpha value is -1.59. The summed E-state index contributed by atoms with van der Waals surface area (Å²) >= 11 is 5.80. The molecule has 0 aliphatic carbocycles. The first kappa shape index (κ1) is 13.8. The molecular weight excluding hydrogens is 266 g/mol. The van der Waals surface area contributed by atoms with Gasteiger partial charge in [-0.2, -0.15) is 0 Å². The van der Waals surface area contributed by atoms with Crippen LogP contribution in [0, 0.1) is 0 Å². The lowest BCUT2D eigenvalue weighted by molar-refractivity contribution is -0.139. The van der Waals surface area contributed by atoms with Crippen LogP contribution in [0.2, 0.25) is 5.02 Å². The molecule has 19 heavy (non-hydrogen) atoms. The van der Waals surface area contributed by atoms with Gasteiger partial charge < -0.3 is 16.0 Å². The molecule has 0 saturated carbocycles. The minimum absolute atomic E-state index is 0.0902. The summed E-state index contributed by atoms with van der Waals surface area (Å²) in [6.45, 7) is 1.60. The summed E-state index contributed by atoms with van der Waals surface area (Å²) in [5.41, 5.74) is 6.19. The summed E-state index contributed by atoms with van der Waals surface area (Å²) in [6.07, 6.45) is 0.251. The number of hydrogen-bond acceptors (Lipinski definition) is 3. The zero-order chi connectivity index (χ0) is 13.8. The van der Waals surface area contributed by atoms with Crippen molar-refractivity contribution in [2.75, 3.05) is 19.6 Å². The molecule has 3 N–H and O–H groups in total. The van der Waals surface area contributed by atoms with Crippen molar-refractivity contribution in [1.82, 2.24) is 10.2 Å². The topological polar surface area (TPSA) is 75.4 Å². The van der Waals surface area contributed by atoms with Gasteiger partial charge in [0.2, 0.25) is 11.8 Å². The third kappa shape index (κ3) is 3.45.